The van der Waals surface area contributed by atoms with Crippen molar-refractivity contribution in [3.8, 4) is 5.75 Å². The van der Waals surface area contributed by atoms with Gasteiger partial charge in [0.15, 0.2) is 0 Å². The number of ether oxygens (including phenoxy) is 2. The number of aliphatic hydroxyl groups is 1. The molecule has 0 aliphatic carbocycles. The summed E-state index contributed by atoms with van der Waals surface area (Å²) >= 11 is 1.54. The van der Waals surface area contributed by atoms with Crippen molar-refractivity contribution in [1.82, 2.24) is 0 Å². The maximum atomic E-state index is 10.1. The Morgan fingerprint density at radius 3 is 2.53 bits per heavy atom. The summed E-state index contributed by atoms with van der Waals surface area (Å²) in [6, 6.07) is 11.6. The summed E-state index contributed by atoms with van der Waals surface area (Å²) in [5.74, 6) is 0.829. The monoisotopic (exact) mass is 278 g/mol. The van der Waals surface area contributed by atoms with Crippen LogP contribution in [0.15, 0.2) is 41.8 Å². The van der Waals surface area contributed by atoms with Gasteiger partial charge in [0.1, 0.15) is 11.9 Å². The van der Waals surface area contributed by atoms with Gasteiger partial charge in [-0.1, -0.05) is 18.2 Å². The molecule has 102 valence electrons. The molecule has 3 nitrogen and oxygen atoms in total. The van der Waals surface area contributed by atoms with Crippen molar-refractivity contribution in [1.29, 1.82) is 0 Å². The van der Waals surface area contributed by atoms with Gasteiger partial charge >= 0.3 is 0 Å². The fraction of sp³-hybridized carbons (Fsp3) is 0.333. The van der Waals surface area contributed by atoms with Crippen LogP contribution in [0.2, 0.25) is 0 Å². The molecular weight excluding hydrogens is 260 g/mol. The van der Waals surface area contributed by atoms with Crippen LogP contribution in [0.3, 0.4) is 0 Å². The van der Waals surface area contributed by atoms with Crippen molar-refractivity contribution in [3.05, 3.63) is 52.2 Å². The number of benzene rings is 1. The number of hydrogen-bond donors (Lipinski definition) is 1. The molecule has 0 fully saturated rings. The van der Waals surface area contributed by atoms with E-state index in [1.807, 2.05) is 48.7 Å². The van der Waals surface area contributed by atoms with E-state index in [1.54, 1.807) is 7.11 Å². The van der Waals surface area contributed by atoms with E-state index in [4.69, 9.17) is 9.47 Å². The Kier molecular flexibility index (Phi) is 4.96. The number of aliphatic hydroxyl groups excluding tert-OH is 1. The van der Waals surface area contributed by atoms with Crippen molar-refractivity contribution >= 4 is 11.3 Å². The molecule has 0 aliphatic rings. The summed E-state index contributed by atoms with van der Waals surface area (Å²) in [6.45, 7) is 2.36. The highest BCUT2D eigenvalue weighted by molar-refractivity contribution is 7.10. The normalized spacial score (nSPS) is 14.1. The summed E-state index contributed by atoms with van der Waals surface area (Å²) in [5.41, 5.74) is 1.06. The summed E-state index contributed by atoms with van der Waals surface area (Å²) in [6.07, 6.45) is -0.806. The molecule has 0 saturated carbocycles. The maximum absolute atomic E-state index is 10.1. The van der Waals surface area contributed by atoms with Crippen LogP contribution < -0.4 is 4.74 Å². The number of methoxy groups -OCH3 is 1. The maximum Gasteiger partial charge on any atom is 0.118 e. The van der Waals surface area contributed by atoms with E-state index in [1.165, 1.54) is 11.3 Å². The largest absolute Gasteiger partial charge is 0.497 e. The van der Waals surface area contributed by atoms with Crippen LogP contribution in [0.1, 0.15) is 23.5 Å². The Labute approximate surface area is 117 Å². The first-order valence-corrected chi connectivity index (χ1v) is 7.04. The smallest absolute Gasteiger partial charge is 0.118 e. The van der Waals surface area contributed by atoms with Gasteiger partial charge < -0.3 is 14.6 Å². The fourth-order valence-corrected chi connectivity index (χ4v) is 2.53. The lowest BCUT2D eigenvalue weighted by molar-refractivity contribution is -0.0349. The first-order valence-electron chi connectivity index (χ1n) is 6.16. The predicted octanol–water partition coefficient (Wildman–Crippen LogP) is 3.40. The minimum Gasteiger partial charge on any atom is -0.497 e. The lowest BCUT2D eigenvalue weighted by atomic mass is 10.2. The molecule has 2 atom stereocenters. The molecule has 1 N–H and O–H groups in total. The SMILES string of the molecule is COc1ccc(COC(C)[C@H](O)c2cccs2)cc1. The van der Waals surface area contributed by atoms with Crippen molar-refractivity contribution in [2.75, 3.05) is 7.11 Å². The first kappa shape index (κ1) is 14.1. The molecule has 2 aromatic rings. The van der Waals surface area contributed by atoms with Crippen molar-refractivity contribution in [3.63, 3.8) is 0 Å². The third kappa shape index (κ3) is 3.80. The molecule has 1 aromatic heterocycles. The summed E-state index contributed by atoms with van der Waals surface area (Å²) in [7, 11) is 1.64. The molecule has 0 aliphatic heterocycles. The molecule has 1 unspecified atom stereocenters. The van der Waals surface area contributed by atoms with E-state index >= 15 is 0 Å². The zero-order valence-electron chi connectivity index (χ0n) is 11.1. The van der Waals surface area contributed by atoms with Crippen molar-refractivity contribution in [2.24, 2.45) is 0 Å². The molecule has 1 aromatic carbocycles. The third-order valence-electron chi connectivity index (χ3n) is 2.95. The summed E-state index contributed by atoms with van der Waals surface area (Å²) in [4.78, 5) is 0.933. The minimum atomic E-state index is -0.571. The minimum absolute atomic E-state index is 0.235. The van der Waals surface area contributed by atoms with Crippen LogP contribution in [-0.2, 0) is 11.3 Å². The van der Waals surface area contributed by atoms with E-state index in [2.05, 4.69) is 0 Å². The fourth-order valence-electron chi connectivity index (χ4n) is 1.73. The van der Waals surface area contributed by atoms with Gasteiger partial charge in [0.05, 0.1) is 19.8 Å². The number of rotatable bonds is 6. The molecule has 0 amide bonds. The van der Waals surface area contributed by atoms with Gasteiger partial charge in [-0.3, -0.25) is 0 Å². The molecular formula is C15H18O3S. The zero-order valence-corrected chi connectivity index (χ0v) is 11.9. The summed E-state index contributed by atoms with van der Waals surface area (Å²) < 4.78 is 10.8. The van der Waals surface area contributed by atoms with Crippen LogP contribution in [0.25, 0.3) is 0 Å². The molecule has 2 rings (SSSR count). The Bertz CT molecular complexity index is 479. The molecule has 0 saturated heterocycles. The van der Waals surface area contributed by atoms with Crippen LogP contribution in [0, 0.1) is 0 Å². The van der Waals surface area contributed by atoms with Gasteiger partial charge in [-0.2, -0.15) is 0 Å². The average molecular weight is 278 g/mol. The van der Waals surface area contributed by atoms with Crippen LogP contribution in [-0.4, -0.2) is 18.3 Å². The van der Waals surface area contributed by atoms with E-state index in [0.29, 0.717) is 6.61 Å². The average Bonchev–Trinajstić information content (AvgIpc) is 2.98. The Morgan fingerprint density at radius 1 is 1.21 bits per heavy atom. The molecule has 0 spiro atoms. The molecule has 19 heavy (non-hydrogen) atoms. The molecule has 1 heterocycles. The van der Waals surface area contributed by atoms with Gasteiger partial charge in [-0.15, -0.1) is 11.3 Å². The lowest BCUT2D eigenvalue weighted by Crippen LogP contribution is -2.17. The highest BCUT2D eigenvalue weighted by Crippen LogP contribution is 2.24. The van der Waals surface area contributed by atoms with Gasteiger partial charge in [0.25, 0.3) is 0 Å². The van der Waals surface area contributed by atoms with Gasteiger partial charge in [-0.25, -0.2) is 0 Å². The van der Waals surface area contributed by atoms with E-state index in [-0.39, 0.29) is 6.10 Å². The molecule has 4 heteroatoms. The second-order valence-electron chi connectivity index (χ2n) is 4.32. The Hall–Kier alpha value is -1.36. The topological polar surface area (TPSA) is 38.7 Å². The predicted molar refractivity (Wildman–Crippen MR) is 76.5 cm³/mol. The lowest BCUT2D eigenvalue weighted by Gasteiger charge is -2.18. The number of hydrogen-bond acceptors (Lipinski definition) is 4. The second kappa shape index (κ2) is 6.70. The molecule has 0 radical (unpaired) electrons. The van der Waals surface area contributed by atoms with Crippen LogP contribution in [0.5, 0.6) is 5.75 Å². The highest BCUT2D eigenvalue weighted by Gasteiger charge is 2.17. The van der Waals surface area contributed by atoms with Crippen LogP contribution >= 0.6 is 11.3 Å². The Morgan fingerprint density at radius 2 is 1.95 bits per heavy atom. The third-order valence-corrected chi connectivity index (χ3v) is 3.89. The van der Waals surface area contributed by atoms with E-state index in [9.17, 15) is 5.11 Å². The van der Waals surface area contributed by atoms with Gasteiger partial charge in [0, 0.05) is 4.88 Å². The zero-order chi connectivity index (χ0) is 13.7. The van der Waals surface area contributed by atoms with Gasteiger partial charge in [-0.05, 0) is 36.1 Å². The van der Waals surface area contributed by atoms with E-state index in [0.717, 1.165) is 16.2 Å². The van der Waals surface area contributed by atoms with Crippen molar-refractivity contribution in [2.45, 2.75) is 25.7 Å². The first-order chi connectivity index (χ1) is 9.20. The second-order valence-corrected chi connectivity index (χ2v) is 5.30. The molecule has 0 bridgehead atoms. The van der Waals surface area contributed by atoms with E-state index < -0.39 is 6.10 Å². The Balaban J connectivity index is 1.87. The van der Waals surface area contributed by atoms with Crippen LogP contribution in [0.4, 0.5) is 0 Å². The van der Waals surface area contributed by atoms with Crippen molar-refractivity contribution < 1.29 is 14.6 Å². The quantitative estimate of drug-likeness (QED) is 0.880. The summed E-state index contributed by atoms with van der Waals surface area (Å²) in [5, 5.41) is 12.1. The highest BCUT2D eigenvalue weighted by atomic mass is 32.1. The standard InChI is InChI=1S/C15H18O3S/c1-11(15(16)14-4-3-9-19-14)18-10-12-5-7-13(17-2)8-6-12/h3-9,11,15-16H,10H2,1-2H3/t11?,15-/m0/s1. The number of thiophene rings is 1. The van der Waals surface area contributed by atoms with Gasteiger partial charge in [0.2, 0.25) is 0 Å².